The minimum absolute atomic E-state index is 0.0949. The molecule has 0 heterocycles. The Labute approximate surface area is 149 Å². The lowest BCUT2D eigenvalue weighted by Gasteiger charge is -2.21. The summed E-state index contributed by atoms with van der Waals surface area (Å²) in [6, 6.07) is 12.3. The first-order valence-corrected chi connectivity index (χ1v) is 8.92. The third-order valence-corrected chi connectivity index (χ3v) is 5.40. The molecule has 0 radical (unpaired) electrons. The first-order chi connectivity index (χ1) is 9.52. The molecule has 0 bridgehead atoms. The second kappa shape index (κ2) is 7.41. The highest BCUT2D eigenvalue weighted by molar-refractivity contribution is 9.11. The fourth-order valence-electron chi connectivity index (χ4n) is 2.04. The van der Waals surface area contributed by atoms with Crippen LogP contribution in [0.1, 0.15) is 24.1 Å². The first-order valence-electron chi connectivity index (χ1n) is 6.16. The van der Waals surface area contributed by atoms with Crippen molar-refractivity contribution in [3.05, 3.63) is 66.0 Å². The molecule has 2 aromatic carbocycles. The minimum atomic E-state index is 0.0949. The van der Waals surface area contributed by atoms with Crippen LogP contribution >= 0.6 is 59.4 Å². The van der Waals surface area contributed by atoms with Crippen molar-refractivity contribution in [2.45, 2.75) is 13.0 Å². The number of hydrogen-bond acceptors (Lipinski definition) is 1. The minimum Gasteiger partial charge on any atom is -0.306 e. The predicted octanol–water partition coefficient (Wildman–Crippen LogP) is 6.33. The Morgan fingerprint density at radius 2 is 1.75 bits per heavy atom. The Balaban J connectivity index is 2.49. The van der Waals surface area contributed by atoms with Crippen LogP contribution in [0.25, 0.3) is 0 Å². The third-order valence-electron chi connectivity index (χ3n) is 2.95. The summed E-state index contributed by atoms with van der Waals surface area (Å²) >= 11 is 16.8. The third kappa shape index (κ3) is 3.86. The van der Waals surface area contributed by atoms with Gasteiger partial charge in [0.15, 0.2) is 0 Å². The molecule has 2 aromatic rings. The number of benzene rings is 2. The van der Waals surface area contributed by atoms with Crippen LogP contribution in [0.5, 0.6) is 0 Å². The van der Waals surface area contributed by atoms with Crippen molar-refractivity contribution in [2.75, 3.05) is 6.54 Å². The molecule has 0 aliphatic rings. The molecule has 0 saturated carbocycles. The number of rotatable bonds is 4. The van der Waals surface area contributed by atoms with Crippen molar-refractivity contribution in [3.63, 3.8) is 0 Å². The van der Waals surface area contributed by atoms with Crippen molar-refractivity contribution in [3.8, 4) is 0 Å². The van der Waals surface area contributed by atoms with Gasteiger partial charge in [-0.3, -0.25) is 0 Å². The van der Waals surface area contributed by atoms with Crippen LogP contribution < -0.4 is 5.32 Å². The van der Waals surface area contributed by atoms with Crippen LogP contribution in [0.2, 0.25) is 5.02 Å². The summed E-state index contributed by atoms with van der Waals surface area (Å²) in [5.74, 6) is 0. The van der Waals surface area contributed by atoms with Crippen molar-refractivity contribution in [1.29, 1.82) is 0 Å². The van der Waals surface area contributed by atoms with Crippen LogP contribution in [-0.2, 0) is 0 Å². The highest BCUT2D eigenvalue weighted by Gasteiger charge is 2.17. The molecule has 2 rings (SSSR count). The number of nitrogens with one attached hydrogen (secondary N) is 1. The lowest BCUT2D eigenvalue weighted by Crippen LogP contribution is -2.22. The molecule has 0 aromatic heterocycles. The summed E-state index contributed by atoms with van der Waals surface area (Å²) in [5.41, 5.74) is 2.32. The van der Waals surface area contributed by atoms with E-state index in [0.717, 1.165) is 30.5 Å². The van der Waals surface area contributed by atoms with Gasteiger partial charge in [-0.15, -0.1) is 0 Å². The van der Waals surface area contributed by atoms with E-state index >= 15 is 0 Å². The van der Waals surface area contributed by atoms with E-state index in [4.69, 9.17) is 11.6 Å². The molecule has 1 atom stereocenters. The molecule has 1 nitrogen and oxygen atoms in total. The van der Waals surface area contributed by atoms with E-state index in [1.807, 2.05) is 24.3 Å². The van der Waals surface area contributed by atoms with Gasteiger partial charge in [-0.1, -0.05) is 56.5 Å². The smallest absolute Gasteiger partial charge is 0.0588 e. The molecule has 0 spiro atoms. The van der Waals surface area contributed by atoms with Gasteiger partial charge in [0.05, 0.1) is 11.1 Å². The highest BCUT2D eigenvalue weighted by Crippen LogP contribution is 2.33. The Morgan fingerprint density at radius 3 is 2.40 bits per heavy atom. The highest BCUT2D eigenvalue weighted by atomic mass is 79.9. The van der Waals surface area contributed by atoms with Crippen molar-refractivity contribution in [1.82, 2.24) is 5.32 Å². The van der Waals surface area contributed by atoms with Crippen LogP contribution in [0.15, 0.2) is 49.8 Å². The maximum Gasteiger partial charge on any atom is 0.0588 e. The van der Waals surface area contributed by atoms with Gasteiger partial charge < -0.3 is 5.32 Å². The number of halogens is 4. The van der Waals surface area contributed by atoms with Gasteiger partial charge in [0.25, 0.3) is 0 Å². The molecular weight excluding hydrogens is 469 g/mol. The normalized spacial score (nSPS) is 12.4. The molecule has 1 N–H and O–H groups in total. The maximum atomic E-state index is 6.22. The van der Waals surface area contributed by atoms with E-state index in [0.29, 0.717) is 0 Å². The van der Waals surface area contributed by atoms with Gasteiger partial charge in [-0.05, 0) is 63.9 Å². The molecule has 0 aliphatic carbocycles. The Bertz CT molecular complexity index is 616. The summed E-state index contributed by atoms with van der Waals surface area (Å²) in [6.45, 7) is 2.97. The van der Waals surface area contributed by atoms with Gasteiger partial charge in [0.1, 0.15) is 0 Å². The topological polar surface area (TPSA) is 12.0 Å². The van der Waals surface area contributed by atoms with Crippen LogP contribution in [0, 0.1) is 0 Å². The summed E-state index contributed by atoms with van der Waals surface area (Å²) in [6.07, 6.45) is 0. The quantitative estimate of drug-likeness (QED) is 0.538. The molecule has 106 valence electrons. The van der Waals surface area contributed by atoms with Gasteiger partial charge in [0.2, 0.25) is 0 Å². The molecule has 0 saturated heterocycles. The standard InChI is InChI=1S/C15H13Br3ClN/c1-2-20-15(9-3-5-13(18)14(19)7-9)11-8-10(16)4-6-12(11)17/h3-8,15,20H,2H2,1H3. The summed E-state index contributed by atoms with van der Waals surface area (Å²) in [7, 11) is 0. The van der Waals surface area contributed by atoms with E-state index in [2.05, 4.69) is 72.2 Å². The average molecular weight is 482 g/mol. The van der Waals surface area contributed by atoms with Gasteiger partial charge in [0, 0.05) is 13.4 Å². The largest absolute Gasteiger partial charge is 0.306 e. The summed E-state index contributed by atoms with van der Waals surface area (Å²) in [5, 5.41) is 4.22. The second-order valence-electron chi connectivity index (χ2n) is 4.33. The molecular formula is C15H13Br3ClN. The van der Waals surface area contributed by atoms with E-state index in [1.54, 1.807) is 0 Å². The van der Waals surface area contributed by atoms with Gasteiger partial charge in [-0.25, -0.2) is 0 Å². The zero-order valence-electron chi connectivity index (χ0n) is 10.8. The van der Waals surface area contributed by atoms with Gasteiger partial charge >= 0.3 is 0 Å². The summed E-state index contributed by atoms with van der Waals surface area (Å²) in [4.78, 5) is 0. The fourth-order valence-corrected chi connectivity index (χ4v) is 3.33. The summed E-state index contributed by atoms with van der Waals surface area (Å²) < 4.78 is 3.04. The molecule has 0 fully saturated rings. The van der Waals surface area contributed by atoms with Crippen molar-refractivity contribution < 1.29 is 0 Å². The predicted molar refractivity (Wildman–Crippen MR) is 96.5 cm³/mol. The Hall–Kier alpha value is 0.130. The van der Waals surface area contributed by atoms with E-state index in [-0.39, 0.29) is 6.04 Å². The molecule has 5 heteroatoms. The lowest BCUT2D eigenvalue weighted by atomic mass is 9.99. The molecule has 0 amide bonds. The Kier molecular flexibility index (Phi) is 6.11. The van der Waals surface area contributed by atoms with E-state index in [1.165, 1.54) is 5.56 Å². The van der Waals surface area contributed by atoms with Crippen LogP contribution in [0.3, 0.4) is 0 Å². The SMILES string of the molecule is CCNC(c1ccc(Br)c(Cl)c1)c1cc(Br)ccc1Br. The second-order valence-corrected chi connectivity index (χ2v) is 7.36. The lowest BCUT2D eigenvalue weighted by molar-refractivity contribution is 0.628. The monoisotopic (exact) mass is 479 g/mol. The van der Waals surface area contributed by atoms with Crippen LogP contribution in [-0.4, -0.2) is 6.54 Å². The Morgan fingerprint density at radius 1 is 1.05 bits per heavy atom. The molecule has 0 aliphatic heterocycles. The van der Waals surface area contributed by atoms with Crippen molar-refractivity contribution >= 4 is 59.4 Å². The van der Waals surface area contributed by atoms with E-state index in [9.17, 15) is 0 Å². The zero-order chi connectivity index (χ0) is 14.7. The maximum absolute atomic E-state index is 6.22. The van der Waals surface area contributed by atoms with Crippen LogP contribution in [0.4, 0.5) is 0 Å². The number of hydrogen-bond donors (Lipinski definition) is 1. The first kappa shape index (κ1) is 16.5. The van der Waals surface area contributed by atoms with Crippen molar-refractivity contribution in [2.24, 2.45) is 0 Å². The average Bonchev–Trinajstić information content (AvgIpc) is 2.42. The molecule has 1 unspecified atom stereocenters. The zero-order valence-corrected chi connectivity index (χ0v) is 16.3. The molecule has 20 heavy (non-hydrogen) atoms. The fraction of sp³-hybridized carbons (Fsp3) is 0.200. The van der Waals surface area contributed by atoms with Gasteiger partial charge in [-0.2, -0.15) is 0 Å². The van der Waals surface area contributed by atoms with E-state index < -0.39 is 0 Å².